The minimum Gasteiger partial charge on any atom is -0.490 e. The summed E-state index contributed by atoms with van der Waals surface area (Å²) in [6.07, 6.45) is 2.05. The summed E-state index contributed by atoms with van der Waals surface area (Å²) in [4.78, 5) is 18.1. The quantitative estimate of drug-likeness (QED) is 0.366. The third-order valence-electron chi connectivity index (χ3n) is 7.29. The number of unbranched alkanes of at least 4 members (excludes halogenated alkanes) is 1. The van der Waals surface area contributed by atoms with E-state index in [4.69, 9.17) is 14.2 Å². The van der Waals surface area contributed by atoms with Crippen molar-refractivity contribution >= 4 is 5.91 Å². The van der Waals surface area contributed by atoms with Crippen molar-refractivity contribution in [1.29, 1.82) is 0 Å². The molecular weight excluding hydrogens is 480 g/mol. The summed E-state index contributed by atoms with van der Waals surface area (Å²) >= 11 is 0. The van der Waals surface area contributed by atoms with Crippen LogP contribution in [0.5, 0.6) is 11.5 Å². The van der Waals surface area contributed by atoms with Crippen molar-refractivity contribution < 1.29 is 19.0 Å². The molecule has 2 aromatic carbocycles. The Hall–Kier alpha value is -3.36. The highest BCUT2D eigenvalue weighted by molar-refractivity contribution is 6.00. The molecule has 0 saturated carbocycles. The summed E-state index contributed by atoms with van der Waals surface area (Å²) in [6.45, 7) is 12.0. The van der Waals surface area contributed by atoms with E-state index in [1.165, 1.54) is 5.56 Å². The van der Waals surface area contributed by atoms with Crippen LogP contribution in [0, 0.1) is 6.92 Å². The molecule has 202 valence electrons. The van der Waals surface area contributed by atoms with Gasteiger partial charge in [-0.1, -0.05) is 49.2 Å². The Balaban J connectivity index is 1.53. The lowest BCUT2D eigenvalue weighted by Gasteiger charge is -2.31. The van der Waals surface area contributed by atoms with Crippen molar-refractivity contribution in [2.75, 3.05) is 52.6 Å². The number of benzene rings is 2. The van der Waals surface area contributed by atoms with E-state index < -0.39 is 0 Å². The number of rotatable bonds is 11. The number of ether oxygens (including phenoxy) is 3. The van der Waals surface area contributed by atoms with E-state index in [-0.39, 0.29) is 11.9 Å². The van der Waals surface area contributed by atoms with E-state index in [1.54, 1.807) is 0 Å². The average molecular weight is 519 g/mol. The highest BCUT2D eigenvalue weighted by atomic mass is 16.5. The fourth-order valence-corrected chi connectivity index (χ4v) is 5.19. The lowest BCUT2D eigenvalue weighted by molar-refractivity contribution is 0.0316. The van der Waals surface area contributed by atoms with Gasteiger partial charge in [0.2, 0.25) is 0 Å². The summed E-state index contributed by atoms with van der Waals surface area (Å²) in [5.74, 6) is 1.42. The number of aryl methyl sites for hydroxylation is 1. The Morgan fingerprint density at radius 2 is 1.82 bits per heavy atom. The van der Waals surface area contributed by atoms with Crippen LogP contribution >= 0.6 is 0 Å². The van der Waals surface area contributed by atoms with Gasteiger partial charge in [-0.15, -0.1) is 0 Å². The van der Waals surface area contributed by atoms with Crippen molar-refractivity contribution in [3.8, 4) is 22.8 Å². The molecule has 3 aromatic rings. The summed E-state index contributed by atoms with van der Waals surface area (Å²) in [5, 5.41) is 7.69. The smallest absolute Gasteiger partial charge is 0.273 e. The predicted molar refractivity (Wildman–Crippen MR) is 147 cm³/mol. The van der Waals surface area contributed by atoms with Crippen molar-refractivity contribution in [3.63, 3.8) is 0 Å². The zero-order valence-electron chi connectivity index (χ0n) is 22.7. The molecule has 2 aliphatic rings. The second-order valence-electron chi connectivity index (χ2n) is 9.92. The zero-order valence-corrected chi connectivity index (χ0v) is 22.7. The van der Waals surface area contributed by atoms with Gasteiger partial charge in [-0.2, -0.15) is 5.10 Å². The minimum atomic E-state index is -0.280. The van der Waals surface area contributed by atoms with Crippen molar-refractivity contribution in [2.45, 2.75) is 39.7 Å². The van der Waals surface area contributed by atoms with Crippen LogP contribution in [0.4, 0.5) is 0 Å². The largest absolute Gasteiger partial charge is 0.490 e. The number of hydrogen-bond donors (Lipinski definition) is 1. The number of morpholine rings is 1. The molecule has 1 amide bonds. The van der Waals surface area contributed by atoms with E-state index in [0.717, 1.165) is 73.8 Å². The average Bonchev–Trinajstić information content (AvgIpc) is 3.48. The van der Waals surface area contributed by atoms with E-state index in [1.807, 2.05) is 24.0 Å². The lowest BCUT2D eigenvalue weighted by Crippen LogP contribution is -2.42. The van der Waals surface area contributed by atoms with Crippen LogP contribution in [-0.2, 0) is 4.74 Å². The highest BCUT2D eigenvalue weighted by Gasteiger charge is 2.42. The van der Waals surface area contributed by atoms with Crippen LogP contribution in [0.3, 0.4) is 0 Å². The summed E-state index contributed by atoms with van der Waals surface area (Å²) in [7, 11) is 0. The molecule has 0 aliphatic carbocycles. The fraction of sp³-hybridized carbons (Fsp3) is 0.467. The van der Waals surface area contributed by atoms with Gasteiger partial charge in [0.25, 0.3) is 5.91 Å². The maximum Gasteiger partial charge on any atom is 0.273 e. The second-order valence-corrected chi connectivity index (χ2v) is 9.92. The van der Waals surface area contributed by atoms with Gasteiger partial charge in [-0.25, -0.2) is 0 Å². The Bertz CT molecular complexity index is 1230. The first-order chi connectivity index (χ1) is 18.6. The monoisotopic (exact) mass is 518 g/mol. The molecule has 1 N–H and O–H groups in total. The molecular formula is C30H38N4O4. The molecule has 1 unspecified atom stereocenters. The topological polar surface area (TPSA) is 79.9 Å². The van der Waals surface area contributed by atoms with Crippen LogP contribution in [-0.4, -0.2) is 78.5 Å². The predicted octanol–water partition coefficient (Wildman–Crippen LogP) is 4.84. The molecule has 0 radical (unpaired) electrons. The first-order valence-electron chi connectivity index (χ1n) is 13.8. The third kappa shape index (κ3) is 5.42. The molecule has 0 bridgehead atoms. The van der Waals surface area contributed by atoms with Gasteiger partial charge in [0.1, 0.15) is 5.69 Å². The first-order valence-corrected chi connectivity index (χ1v) is 13.8. The zero-order chi connectivity index (χ0) is 26.5. The number of H-pyrrole nitrogens is 1. The van der Waals surface area contributed by atoms with Gasteiger partial charge >= 0.3 is 0 Å². The van der Waals surface area contributed by atoms with E-state index in [2.05, 4.69) is 59.3 Å². The van der Waals surface area contributed by atoms with Crippen molar-refractivity contribution in [2.24, 2.45) is 0 Å². The molecule has 5 rings (SSSR count). The molecule has 1 atom stereocenters. The maximum atomic E-state index is 13.8. The Kier molecular flexibility index (Phi) is 8.29. The maximum absolute atomic E-state index is 13.8. The van der Waals surface area contributed by atoms with Crippen LogP contribution in [0.25, 0.3) is 11.3 Å². The number of amides is 1. The number of hydrogen-bond acceptors (Lipinski definition) is 6. The number of carbonyl (C=O) groups excluding carboxylic acids is 1. The number of nitrogens with zero attached hydrogens (tertiary/aromatic N) is 3. The number of aromatic amines is 1. The molecule has 0 spiro atoms. The number of aromatic nitrogens is 2. The summed E-state index contributed by atoms with van der Waals surface area (Å²) < 4.78 is 17.6. The minimum absolute atomic E-state index is 0.0228. The summed E-state index contributed by atoms with van der Waals surface area (Å²) in [5.41, 5.74) is 5.46. The molecule has 1 saturated heterocycles. The molecule has 1 aromatic heterocycles. The Morgan fingerprint density at radius 1 is 1.03 bits per heavy atom. The molecule has 38 heavy (non-hydrogen) atoms. The Labute approximate surface area is 224 Å². The van der Waals surface area contributed by atoms with Crippen LogP contribution in [0.15, 0.2) is 42.5 Å². The molecule has 8 heteroatoms. The van der Waals surface area contributed by atoms with Gasteiger partial charge in [0.15, 0.2) is 11.5 Å². The van der Waals surface area contributed by atoms with Gasteiger partial charge in [-0.05, 0) is 38.0 Å². The van der Waals surface area contributed by atoms with E-state index in [0.29, 0.717) is 31.2 Å². The molecule has 2 aliphatic heterocycles. The van der Waals surface area contributed by atoms with Crippen LogP contribution in [0.2, 0.25) is 0 Å². The molecule has 3 heterocycles. The standard InChI is InChI=1S/C30H38N4O4/c1-4-6-17-38-24-12-11-23(20-25(24)37-5-2)29-26-27(22-9-7-21(3)8-10-22)31-32-28(26)30(35)34(29)14-13-33-15-18-36-19-16-33/h7-12,20,29H,4-6,13-19H2,1-3H3,(H,31,32). The van der Waals surface area contributed by atoms with Crippen molar-refractivity contribution in [3.05, 3.63) is 64.8 Å². The number of carbonyl (C=O) groups is 1. The second kappa shape index (κ2) is 12.0. The first kappa shape index (κ1) is 26.3. The van der Waals surface area contributed by atoms with Gasteiger partial charge in [0, 0.05) is 37.3 Å². The molecule has 8 nitrogen and oxygen atoms in total. The van der Waals surface area contributed by atoms with Gasteiger partial charge in [0.05, 0.1) is 38.2 Å². The third-order valence-corrected chi connectivity index (χ3v) is 7.29. The molecule has 1 fully saturated rings. The van der Waals surface area contributed by atoms with Crippen LogP contribution in [0.1, 0.15) is 59.9 Å². The Morgan fingerprint density at radius 3 is 2.55 bits per heavy atom. The highest BCUT2D eigenvalue weighted by Crippen LogP contribution is 2.44. The van der Waals surface area contributed by atoms with Gasteiger partial charge in [-0.3, -0.25) is 14.8 Å². The summed E-state index contributed by atoms with van der Waals surface area (Å²) in [6, 6.07) is 14.1. The lowest BCUT2D eigenvalue weighted by atomic mass is 9.95. The van der Waals surface area contributed by atoms with Crippen LogP contribution < -0.4 is 9.47 Å². The van der Waals surface area contributed by atoms with Crippen molar-refractivity contribution in [1.82, 2.24) is 20.0 Å². The van der Waals surface area contributed by atoms with E-state index >= 15 is 0 Å². The number of fused-ring (bicyclic) bond motifs is 1. The number of nitrogens with one attached hydrogen (secondary N) is 1. The normalized spacial score (nSPS) is 17.6. The van der Waals surface area contributed by atoms with Gasteiger partial charge < -0.3 is 19.1 Å². The SMILES string of the molecule is CCCCOc1ccc(C2c3c(-c4ccc(C)cc4)n[nH]c3C(=O)N2CCN2CCOCC2)cc1OCC. The fourth-order valence-electron chi connectivity index (χ4n) is 5.19. The van der Waals surface area contributed by atoms with E-state index in [9.17, 15) is 4.79 Å².